The van der Waals surface area contributed by atoms with Crippen molar-refractivity contribution in [3.63, 3.8) is 0 Å². The minimum atomic E-state index is -0.915. The molecule has 1 fully saturated rings. The average Bonchev–Trinajstić information content (AvgIpc) is 2.51. The van der Waals surface area contributed by atoms with Crippen LogP contribution in [0.4, 0.5) is 0 Å². The number of carbonyl (C=O) groups excluding carboxylic acids is 1. The van der Waals surface area contributed by atoms with Crippen molar-refractivity contribution in [1.82, 2.24) is 4.90 Å². The first-order chi connectivity index (χ1) is 10.5. The van der Waals surface area contributed by atoms with Crippen LogP contribution in [0, 0.1) is 0 Å². The van der Waals surface area contributed by atoms with Crippen molar-refractivity contribution in [2.45, 2.75) is 25.2 Å². The van der Waals surface area contributed by atoms with Crippen LogP contribution in [-0.4, -0.2) is 47.8 Å². The molecule has 0 bridgehead atoms. The molecule has 2 rings (SSSR count). The molecule has 116 valence electrons. The van der Waals surface area contributed by atoms with Crippen LogP contribution in [-0.2, 0) is 9.53 Å². The Bertz CT molecular complexity index is 616. The highest BCUT2D eigenvalue weighted by molar-refractivity contribution is 5.90. The summed E-state index contributed by atoms with van der Waals surface area (Å²) in [5.41, 5.74) is 5.04. The van der Waals surface area contributed by atoms with Crippen molar-refractivity contribution in [3.8, 4) is 0 Å². The van der Waals surface area contributed by atoms with Gasteiger partial charge in [-0.3, -0.25) is 4.79 Å². The van der Waals surface area contributed by atoms with Crippen LogP contribution in [0.25, 0.3) is 5.57 Å². The number of hydrogen-bond donors (Lipinski definition) is 1. The van der Waals surface area contributed by atoms with Crippen LogP contribution in [0.1, 0.15) is 12.5 Å². The summed E-state index contributed by atoms with van der Waals surface area (Å²) in [5.74, 6) is -0.133. The lowest BCUT2D eigenvalue weighted by Gasteiger charge is -2.48. The molecule has 0 unspecified atom stereocenters. The minimum Gasteiger partial charge on any atom is -0.385 e. The van der Waals surface area contributed by atoms with Crippen molar-refractivity contribution in [2.75, 3.05) is 13.7 Å². The van der Waals surface area contributed by atoms with Crippen molar-refractivity contribution in [3.05, 3.63) is 60.4 Å². The number of β-lactam (4-membered cyclic amide) rings is 1. The summed E-state index contributed by atoms with van der Waals surface area (Å²) < 4.78 is 5.23. The van der Waals surface area contributed by atoms with Crippen molar-refractivity contribution in [1.29, 1.82) is 0 Å². The lowest BCUT2D eigenvalue weighted by Crippen LogP contribution is -2.69. The molecule has 1 N–H and O–H groups in total. The fourth-order valence-electron chi connectivity index (χ4n) is 2.75. The van der Waals surface area contributed by atoms with Crippen LogP contribution < -0.4 is 0 Å². The van der Waals surface area contributed by atoms with Crippen LogP contribution in [0.2, 0.25) is 0 Å². The summed E-state index contributed by atoms with van der Waals surface area (Å²) in [6.07, 6.45) is -1.57. The number of aliphatic hydroxyl groups excluding tert-OH is 1. The van der Waals surface area contributed by atoms with E-state index in [0.29, 0.717) is 12.1 Å². The lowest BCUT2D eigenvalue weighted by molar-refractivity contribution is -0.176. The third kappa shape index (κ3) is 2.90. The smallest absolute Gasteiger partial charge is 0.254 e. The zero-order chi connectivity index (χ0) is 16.3. The van der Waals surface area contributed by atoms with Gasteiger partial charge in [-0.1, -0.05) is 49.1 Å². The summed E-state index contributed by atoms with van der Waals surface area (Å²) >= 11 is 0. The maximum atomic E-state index is 12.1. The molecule has 0 saturated carbocycles. The van der Waals surface area contributed by atoms with Crippen LogP contribution in [0.5, 0.6) is 0 Å². The van der Waals surface area contributed by atoms with E-state index in [-0.39, 0.29) is 5.91 Å². The number of amides is 1. The van der Waals surface area contributed by atoms with Gasteiger partial charge in [-0.25, -0.2) is 0 Å². The third-order valence-corrected chi connectivity index (χ3v) is 3.79. The number of methoxy groups -OCH3 is 1. The molecule has 1 aromatic rings. The van der Waals surface area contributed by atoms with Gasteiger partial charge < -0.3 is 14.7 Å². The SMILES string of the molecule is C=C=C(c1ccccc1)[C@H](O)[C@@H]1[C@H](OC)C(=O)N1CC(=C)C. The average molecular weight is 299 g/mol. The van der Waals surface area contributed by atoms with Gasteiger partial charge in [-0.2, -0.15) is 0 Å². The van der Waals surface area contributed by atoms with Gasteiger partial charge in [-0.05, 0) is 12.5 Å². The predicted octanol–water partition coefficient (Wildman–Crippen LogP) is 2.02. The molecule has 1 saturated heterocycles. The van der Waals surface area contributed by atoms with Gasteiger partial charge in [0.05, 0.1) is 6.04 Å². The number of rotatable bonds is 6. The number of benzene rings is 1. The number of carbonyl (C=O) groups is 1. The van der Waals surface area contributed by atoms with Crippen LogP contribution in [0.15, 0.2) is 54.8 Å². The van der Waals surface area contributed by atoms with Gasteiger partial charge in [0.2, 0.25) is 0 Å². The number of nitrogens with zero attached hydrogens (tertiary/aromatic N) is 1. The maximum Gasteiger partial charge on any atom is 0.254 e. The fraction of sp³-hybridized carbons (Fsp3) is 0.333. The van der Waals surface area contributed by atoms with Gasteiger partial charge in [0.15, 0.2) is 6.10 Å². The van der Waals surface area contributed by atoms with Gasteiger partial charge >= 0.3 is 0 Å². The quantitative estimate of drug-likeness (QED) is 0.497. The molecule has 3 atom stereocenters. The molecular weight excluding hydrogens is 278 g/mol. The van der Waals surface area contributed by atoms with Crippen LogP contribution in [0.3, 0.4) is 0 Å². The summed E-state index contributed by atoms with van der Waals surface area (Å²) in [5, 5.41) is 10.7. The summed E-state index contributed by atoms with van der Waals surface area (Å²) in [6.45, 7) is 9.75. The number of ether oxygens (including phenoxy) is 1. The van der Waals surface area contributed by atoms with E-state index in [1.165, 1.54) is 7.11 Å². The highest BCUT2D eigenvalue weighted by atomic mass is 16.5. The maximum absolute atomic E-state index is 12.1. The first-order valence-corrected chi connectivity index (χ1v) is 7.12. The molecule has 1 heterocycles. The standard InChI is InChI=1S/C18H21NO3/c1-5-14(13-9-7-6-8-10-13)16(20)15-17(22-4)18(21)19(15)11-12(2)3/h6-10,15-17,20H,1-2,11H2,3-4H3/t15-,16+,17+/m1/s1. The number of aliphatic hydroxyl groups is 1. The van der Waals surface area contributed by atoms with E-state index >= 15 is 0 Å². The topological polar surface area (TPSA) is 49.8 Å². The van der Waals surface area contributed by atoms with Gasteiger partial charge in [0, 0.05) is 19.2 Å². The molecule has 0 spiro atoms. The Morgan fingerprint density at radius 1 is 1.45 bits per heavy atom. The van der Waals surface area contributed by atoms with E-state index in [4.69, 9.17) is 4.74 Å². The summed E-state index contributed by atoms with van der Waals surface area (Å²) in [6, 6.07) is 8.95. The summed E-state index contributed by atoms with van der Waals surface area (Å²) in [4.78, 5) is 13.7. The number of hydrogen-bond acceptors (Lipinski definition) is 3. The Morgan fingerprint density at radius 3 is 2.59 bits per heavy atom. The summed E-state index contributed by atoms with van der Waals surface area (Å²) in [7, 11) is 1.47. The van der Waals surface area contributed by atoms with E-state index in [1.54, 1.807) is 4.90 Å². The molecule has 1 aliphatic rings. The van der Waals surface area contributed by atoms with Crippen LogP contribution >= 0.6 is 0 Å². The second-order valence-electron chi connectivity index (χ2n) is 5.47. The molecule has 4 nitrogen and oxygen atoms in total. The minimum absolute atomic E-state index is 0.133. The zero-order valence-electron chi connectivity index (χ0n) is 13.0. The second kappa shape index (κ2) is 6.75. The predicted molar refractivity (Wildman–Crippen MR) is 86.1 cm³/mol. The molecule has 0 radical (unpaired) electrons. The highest BCUT2D eigenvalue weighted by Crippen LogP contribution is 2.32. The Balaban J connectivity index is 2.28. The largest absolute Gasteiger partial charge is 0.385 e. The normalized spacial score (nSPS) is 21.8. The van der Waals surface area contributed by atoms with Gasteiger partial charge in [0.1, 0.15) is 6.10 Å². The Kier molecular flexibility index (Phi) is 4.99. The number of likely N-dealkylation sites (tertiary alicyclic amines) is 1. The van der Waals surface area contributed by atoms with E-state index in [0.717, 1.165) is 11.1 Å². The molecule has 1 aliphatic heterocycles. The van der Waals surface area contributed by atoms with Gasteiger partial charge in [0.25, 0.3) is 5.91 Å². The lowest BCUT2D eigenvalue weighted by atomic mass is 9.86. The third-order valence-electron chi connectivity index (χ3n) is 3.79. The fourth-order valence-corrected chi connectivity index (χ4v) is 2.75. The van der Waals surface area contributed by atoms with E-state index in [9.17, 15) is 9.90 Å². The molecule has 0 aromatic heterocycles. The molecular formula is C18H21NO3. The Hall–Kier alpha value is -2.13. The van der Waals surface area contributed by atoms with E-state index in [1.807, 2.05) is 37.3 Å². The first-order valence-electron chi connectivity index (χ1n) is 7.12. The molecule has 0 aliphatic carbocycles. The first kappa shape index (κ1) is 16.2. The second-order valence-corrected chi connectivity index (χ2v) is 5.47. The Morgan fingerprint density at radius 2 is 2.09 bits per heavy atom. The monoisotopic (exact) mass is 299 g/mol. The molecule has 22 heavy (non-hydrogen) atoms. The molecule has 1 amide bonds. The molecule has 1 aromatic carbocycles. The highest BCUT2D eigenvalue weighted by Gasteiger charge is 2.52. The molecule has 4 heteroatoms. The van der Waals surface area contributed by atoms with E-state index < -0.39 is 18.2 Å². The van der Waals surface area contributed by atoms with Crippen molar-refractivity contribution in [2.24, 2.45) is 0 Å². The van der Waals surface area contributed by atoms with Crippen molar-refractivity contribution < 1.29 is 14.6 Å². The van der Waals surface area contributed by atoms with Gasteiger partial charge in [-0.15, -0.1) is 5.73 Å². The van der Waals surface area contributed by atoms with E-state index in [2.05, 4.69) is 18.9 Å². The zero-order valence-corrected chi connectivity index (χ0v) is 13.0. The Labute approximate surface area is 131 Å². The van der Waals surface area contributed by atoms with Crippen molar-refractivity contribution >= 4 is 11.5 Å².